The molecule has 0 unspecified atom stereocenters. The van der Waals surface area contributed by atoms with Gasteiger partial charge in [-0.3, -0.25) is 0 Å². The molecule has 15 heteroatoms. The molecule has 0 radical (unpaired) electrons. The molecule has 0 aliphatic heterocycles. The summed E-state index contributed by atoms with van der Waals surface area (Å²) in [7, 11) is 0. The zero-order chi connectivity index (χ0) is 32.6. The summed E-state index contributed by atoms with van der Waals surface area (Å²) in [6, 6.07) is 26.1. The Labute approximate surface area is 251 Å². The van der Waals surface area contributed by atoms with Crippen LogP contribution in [0.5, 0.6) is 0 Å². The fourth-order valence-electron chi connectivity index (χ4n) is 4.77. The Morgan fingerprint density at radius 1 is 0.442 bits per heavy atom. The van der Waals surface area contributed by atoms with Crippen molar-refractivity contribution in [1.29, 1.82) is 0 Å². The van der Waals surface area contributed by atoms with Gasteiger partial charge in [-0.05, 0) is 0 Å². The van der Waals surface area contributed by atoms with Crippen molar-refractivity contribution in [3.8, 4) is 0 Å². The van der Waals surface area contributed by atoms with Crippen LogP contribution in [-0.4, -0.2) is 42.0 Å². The molecule has 0 saturated carbocycles. The summed E-state index contributed by atoms with van der Waals surface area (Å²) in [5.41, 5.74) is 0. The average Bonchev–Trinajstić information content (AvgIpc) is 2.95. The number of alkyl halides is 13. The van der Waals surface area contributed by atoms with E-state index >= 15 is 0 Å². The molecule has 0 bridgehead atoms. The van der Waals surface area contributed by atoms with Crippen molar-refractivity contribution in [3.05, 3.63) is 91.0 Å². The van der Waals surface area contributed by atoms with Gasteiger partial charge in [0.05, 0.1) is 0 Å². The third kappa shape index (κ3) is 5.63. The van der Waals surface area contributed by atoms with Crippen LogP contribution in [-0.2, 0) is 0 Å². The molecule has 0 amide bonds. The van der Waals surface area contributed by atoms with Crippen molar-refractivity contribution in [2.75, 3.05) is 6.16 Å². The maximum atomic E-state index is 14.5. The van der Waals surface area contributed by atoms with Gasteiger partial charge in [0.2, 0.25) is 0 Å². The molecular formula is C28H23F13IP. The molecule has 3 aromatic carbocycles. The van der Waals surface area contributed by atoms with Crippen molar-refractivity contribution in [3.63, 3.8) is 0 Å². The first-order valence-electron chi connectivity index (χ1n) is 12.4. The average molecular weight is 764 g/mol. The minimum atomic E-state index is -7.90. The van der Waals surface area contributed by atoms with E-state index in [9.17, 15) is 57.1 Å². The van der Waals surface area contributed by atoms with E-state index in [2.05, 4.69) is 22.0 Å². The number of rotatable bonds is 12. The number of benzene rings is 3. The molecule has 0 nitrogen and oxygen atoms in total. The van der Waals surface area contributed by atoms with Crippen LogP contribution in [0, 0.1) is 0 Å². The molecule has 238 valence electrons. The predicted molar refractivity (Wildman–Crippen MR) is 149 cm³/mol. The Morgan fingerprint density at radius 2 is 0.767 bits per heavy atom. The Hall–Kier alpha value is -2.09. The first-order chi connectivity index (χ1) is 19.6. The third-order valence-electron chi connectivity index (χ3n) is 7.20. The SMILES string of the molecule is FC(F)(F)C(F)(F)C(F)(F)C(F)(F)C(F)(F)C(F)(F)CCCCP(I)(c1ccccc1)(c1ccccc1)c1ccccc1. The van der Waals surface area contributed by atoms with Crippen LogP contribution >= 0.6 is 26.3 Å². The fourth-order valence-corrected chi connectivity index (χ4v) is 13.6. The number of hydrogen-bond donors (Lipinski definition) is 0. The summed E-state index contributed by atoms with van der Waals surface area (Å²) >= 11 is 2.21. The summed E-state index contributed by atoms with van der Waals surface area (Å²) in [4.78, 5) is 0. The van der Waals surface area contributed by atoms with E-state index in [1.165, 1.54) is 0 Å². The van der Waals surface area contributed by atoms with Gasteiger partial charge < -0.3 is 0 Å². The second kappa shape index (κ2) is 11.7. The molecule has 0 spiro atoms. The molecule has 0 atom stereocenters. The Kier molecular flexibility index (Phi) is 9.62. The van der Waals surface area contributed by atoms with Crippen LogP contribution in [0.4, 0.5) is 57.1 Å². The number of unbranched alkanes of at least 4 members (excludes halogenated alkanes) is 1. The molecule has 3 aromatic rings. The second-order valence-electron chi connectivity index (χ2n) is 9.87. The van der Waals surface area contributed by atoms with Crippen LogP contribution in [0.25, 0.3) is 0 Å². The molecule has 0 fully saturated rings. The van der Waals surface area contributed by atoms with Gasteiger partial charge in [-0.2, -0.15) is 0 Å². The van der Waals surface area contributed by atoms with Gasteiger partial charge in [-0.25, -0.2) is 0 Å². The van der Waals surface area contributed by atoms with Crippen LogP contribution in [0.3, 0.4) is 0 Å². The molecular weight excluding hydrogens is 741 g/mol. The van der Waals surface area contributed by atoms with Gasteiger partial charge in [-0.15, -0.1) is 0 Å². The van der Waals surface area contributed by atoms with Crippen LogP contribution in [0.15, 0.2) is 91.0 Å². The van der Waals surface area contributed by atoms with Crippen LogP contribution in [0.2, 0.25) is 0 Å². The zero-order valence-electron chi connectivity index (χ0n) is 21.7. The van der Waals surface area contributed by atoms with Gasteiger partial charge >= 0.3 is 251 Å². The van der Waals surface area contributed by atoms with Crippen molar-refractivity contribution in [2.45, 2.75) is 55.1 Å². The van der Waals surface area contributed by atoms with Crippen molar-refractivity contribution in [1.82, 2.24) is 0 Å². The zero-order valence-corrected chi connectivity index (χ0v) is 24.8. The molecule has 43 heavy (non-hydrogen) atoms. The summed E-state index contributed by atoms with van der Waals surface area (Å²) in [6.45, 7) is 0. The summed E-state index contributed by atoms with van der Waals surface area (Å²) in [5.74, 6) is -36.8. The summed E-state index contributed by atoms with van der Waals surface area (Å²) < 4.78 is 172. The van der Waals surface area contributed by atoms with Gasteiger partial charge in [0.25, 0.3) is 0 Å². The van der Waals surface area contributed by atoms with E-state index in [-0.39, 0.29) is 12.6 Å². The molecule has 0 aliphatic carbocycles. The van der Waals surface area contributed by atoms with Crippen molar-refractivity contribution < 1.29 is 57.1 Å². The normalized spacial score (nSPS) is 15.2. The number of hydrogen-bond acceptors (Lipinski definition) is 0. The maximum absolute atomic E-state index is 14.5. The standard InChI is InChI=1S/C28H23F13IP/c29-23(30,24(31,32)25(33,34)26(35,36)27(37,38)28(39,40)41)18-10-11-19-43(42,20-12-4-1-5-13-20,21-14-6-2-7-15-21)22-16-8-3-9-17-22/h1-9,12-17H,10-11,18-19H2. The third-order valence-corrected chi connectivity index (χ3v) is 18.9. The summed E-state index contributed by atoms with van der Waals surface area (Å²) in [6.07, 6.45) is -11.0. The molecule has 0 N–H and O–H groups in total. The Morgan fingerprint density at radius 3 is 1.09 bits per heavy atom. The second-order valence-corrected chi connectivity index (χ2v) is 20.6. The van der Waals surface area contributed by atoms with Crippen molar-refractivity contribution >= 4 is 42.2 Å². The van der Waals surface area contributed by atoms with Crippen LogP contribution in [0.1, 0.15) is 19.3 Å². The van der Waals surface area contributed by atoms with E-state index in [1.807, 2.05) is 0 Å². The Bertz CT molecular complexity index is 1260. The molecule has 0 saturated heterocycles. The predicted octanol–water partition coefficient (Wildman–Crippen LogP) is 9.78. The van der Waals surface area contributed by atoms with Gasteiger partial charge in [0.15, 0.2) is 0 Å². The van der Waals surface area contributed by atoms with Gasteiger partial charge in [0.1, 0.15) is 0 Å². The molecule has 3 rings (SSSR count). The van der Waals surface area contributed by atoms with E-state index in [1.54, 1.807) is 91.0 Å². The quantitative estimate of drug-likeness (QED) is 0.0747. The van der Waals surface area contributed by atoms with E-state index < -0.39 is 52.9 Å². The van der Waals surface area contributed by atoms with E-state index in [0.717, 1.165) is 15.9 Å². The molecule has 0 aromatic heterocycles. The molecule has 0 heterocycles. The first-order valence-corrected chi connectivity index (χ1v) is 17.7. The van der Waals surface area contributed by atoms with E-state index in [0.29, 0.717) is 0 Å². The Balaban J connectivity index is 1.98. The monoisotopic (exact) mass is 764 g/mol. The first kappa shape index (κ1) is 35.4. The summed E-state index contributed by atoms with van der Waals surface area (Å²) in [5, 5.41) is 2.22. The fraction of sp³-hybridized carbons (Fsp3) is 0.357. The minimum absolute atomic E-state index is 0.00938. The van der Waals surface area contributed by atoms with Crippen molar-refractivity contribution in [2.24, 2.45) is 0 Å². The van der Waals surface area contributed by atoms with Gasteiger partial charge in [-0.1, -0.05) is 0 Å². The topological polar surface area (TPSA) is 0 Å². The number of halogens is 14. The van der Waals surface area contributed by atoms with Crippen LogP contribution < -0.4 is 15.9 Å². The molecule has 0 aliphatic rings. The van der Waals surface area contributed by atoms with E-state index in [4.69, 9.17) is 0 Å². The van der Waals surface area contributed by atoms with Gasteiger partial charge in [0, 0.05) is 0 Å².